The maximum absolute atomic E-state index is 11.1. The molecular weight excluding hydrogens is 256 g/mol. The predicted octanol–water partition coefficient (Wildman–Crippen LogP) is 2.71. The first-order valence-corrected chi connectivity index (χ1v) is 6.24. The standard InChI is InChI=1S/C15H12N2O3/c18-15(19)11-2-1-3-12-14(11)20-13(17-12)5-4-10-6-8-16-9-7-10/h1-3,6-9H,4-5H2,(H,18,19). The number of nitrogens with zero attached hydrogens (tertiary/aromatic N) is 2. The monoisotopic (exact) mass is 268 g/mol. The second-order valence-corrected chi connectivity index (χ2v) is 4.42. The molecular formula is C15H12N2O3. The number of para-hydroxylation sites is 1. The van der Waals surface area contributed by atoms with Gasteiger partial charge in [0.2, 0.25) is 0 Å². The van der Waals surface area contributed by atoms with Gasteiger partial charge in [-0.3, -0.25) is 4.98 Å². The van der Waals surface area contributed by atoms with Gasteiger partial charge in [0.15, 0.2) is 11.5 Å². The molecule has 0 radical (unpaired) electrons. The summed E-state index contributed by atoms with van der Waals surface area (Å²) in [5, 5.41) is 9.11. The quantitative estimate of drug-likeness (QED) is 0.787. The summed E-state index contributed by atoms with van der Waals surface area (Å²) in [6.45, 7) is 0. The molecule has 0 saturated heterocycles. The Kier molecular flexibility index (Phi) is 3.16. The number of aromatic nitrogens is 2. The Morgan fingerprint density at radius 3 is 2.70 bits per heavy atom. The Bertz CT molecular complexity index is 750. The molecule has 0 bridgehead atoms. The maximum Gasteiger partial charge on any atom is 0.339 e. The molecule has 3 aromatic rings. The number of oxazole rings is 1. The number of aromatic carboxylic acids is 1. The van der Waals surface area contributed by atoms with E-state index in [1.54, 1.807) is 24.5 Å². The van der Waals surface area contributed by atoms with E-state index in [1.807, 2.05) is 12.1 Å². The molecule has 0 aliphatic heterocycles. The minimum Gasteiger partial charge on any atom is -0.478 e. The van der Waals surface area contributed by atoms with Crippen molar-refractivity contribution in [3.05, 3.63) is 59.7 Å². The van der Waals surface area contributed by atoms with Gasteiger partial charge in [-0.15, -0.1) is 0 Å². The summed E-state index contributed by atoms with van der Waals surface area (Å²) < 4.78 is 5.57. The molecule has 3 rings (SSSR count). The topological polar surface area (TPSA) is 76.2 Å². The normalized spacial score (nSPS) is 10.8. The SMILES string of the molecule is O=C(O)c1cccc2nc(CCc3ccncc3)oc12. The van der Waals surface area contributed by atoms with E-state index in [0.717, 1.165) is 12.0 Å². The number of carboxylic acid groups (broad SMARTS) is 1. The second kappa shape index (κ2) is 5.13. The lowest BCUT2D eigenvalue weighted by Gasteiger charge is -1.97. The molecule has 0 atom stereocenters. The molecule has 1 N–H and O–H groups in total. The van der Waals surface area contributed by atoms with Crippen LogP contribution in [0.1, 0.15) is 21.8 Å². The summed E-state index contributed by atoms with van der Waals surface area (Å²) in [5.74, 6) is -0.460. The van der Waals surface area contributed by atoms with Gasteiger partial charge in [0, 0.05) is 18.8 Å². The van der Waals surface area contributed by atoms with Gasteiger partial charge in [-0.05, 0) is 36.2 Å². The van der Waals surface area contributed by atoms with Crippen molar-refractivity contribution < 1.29 is 14.3 Å². The molecule has 100 valence electrons. The van der Waals surface area contributed by atoms with E-state index in [0.29, 0.717) is 23.4 Å². The van der Waals surface area contributed by atoms with Crippen LogP contribution in [0.5, 0.6) is 0 Å². The van der Waals surface area contributed by atoms with Gasteiger partial charge < -0.3 is 9.52 Å². The van der Waals surface area contributed by atoms with E-state index in [2.05, 4.69) is 9.97 Å². The Labute approximate surface area is 114 Å². The lowest BCUT2D eigenvalue weighted by molar-refractivity contribution is 0.0698. The summed E-state index contributed by atoms with van der Waals surface area (Å²) in [4.78, 5) is 19.4. The Balaban J connectivity index is 1.86. The summed E-state index contributed by atoms with van der Waals surface area (Å²) >= 11 is 0. The molecule has 0 aliphatic rings. The minimum atomic E-state index is -1.01. The van der Waals surface area contributed by atoms with Crippen LogP contribution < -0.4 is 0 Å². The number of carbonyl (C=O) groups is 1. The fourth-order valence-corrected chi connectivity index (χ4v) is 2.07. The van der Waals surface area contributed by atoms with E-state index >= 15 is 0 Å². The molecule has 2 aromatic heterocycles. The highest BCUT2D eigenvalue weighted by Crippen LogP contribution is 2.21. The fourth-order valence-electron chi connectivity index (χ4n) is 2.07. The van der Waals surface area contributed by atoms with Crippen LogP contribution >= 0.6 is 0 Å². The summed E-state index contributed by atoms with van der Waals surface area (Å²) in [7, 11) is 0. The summed E-state index contributed by atoms with van der Waals surface area (Å²) in [6, 6.07) is 8.81. The van der Waals surface area contributed by atoms with Crippen molar-refractivity contribution in [1.29, 1.82) is 0 Å². The highest BCUT2D eigenvalue weighted by atomic mass is 16.4. The van der Waals surface area contributed by atoms with Gasteiger partial charge in [-0.2, -0.15) is 0 Å². The van der Waals surface area contributed by atoms with Crippen LogP contribution in [-0.2, 0) is 12.8 Å². The lowest BCUT2D eigenvalue weighted by atomic mass is 10.1. The van der Waals surface area contributed by atoms with Crippen LogP contribution in [0.15, 0.2) is 47.1 Å². The first-order chi connectivity index (χ1) is 9.74. The molecule has 0 saturated carbocycles. The van der Waals surface area contributed by atoms with Gasteiger partial charge in [0.1, 0.15) is 11.1 Å². The summed E-state index contributed by atoms with van der Waals surface area (Å²) in [6.07, 6.45) is 4.88. The number of benzene rings is 1. The largest absolute Gasteiger partial charge is 0.478 e. The van der Waals surface area contributed by atoms with Crippen LogP contribution in [0.2, 0.25) is 0 Å². The van der Waals surface area contributed by atoms with Crippen LogP contribution in [0.3, 0.4) is 0 Å². The molecule has 20 heavy (non-hydrogen) atoms. The Morgan fingerprint density at radius 2 is 1.95 bits per heavy atom. The van der Waals surface area contributed by atoms with E-state index < -0.39 is 5.97 Å². The molecule has 0 aliphatic carbocycles. The Hall–Kier alpha value is -2.69. The number of hydrogen-bond acceptors (Lipinski definition) is 4. The van der Waals surface area contributed by atoms with Crippen molar-refractivity contribution in [2.45, 2.75) is 12.8 Å². The van der Waals surface area contributed by atoms with Crippen LogP contribution in [-0.4, -0.2) is 21.0 Å². The number of aryl methyl sites for hydroxylation is 2. The number of carboxylic acids is 1. The molecule has 0 amide bonds. The summed E-state index contributed by atoms with van der Waals surface area (Å²) in [5.41, 5.74) is 2.20. The molecule has 2 heterocycles. The van der Waals surface area contributed by atoms with Crippen molar-refractivity contribution >= 4 is 17.1 Å². The van der Waals surface area contributed by atoms with Gasteiger partial charge in [0.25, 0.3) is 0 Å². The molecule has 5 heteroatoms. The third-order valence-electron chi connectivity index (χ3n) is 3.07. The van der Waals surface area contributed by atoms with E-state index in [-0.39, 0.29) is 5.56 Å². The smallest absolute Gasteiger partial charge is 0.339 e. The minimum absolute atomic E-state index is 0.144. The van der Waals surface area contributed by atoms with Crippen molar-refractivity contribution in [2.75, 3.05) is 0 Å². The molecule has 0 spiro atoms. The predicted molar refractivity (Wildman–Crippen MR) is 72.6 cm³/mol. The third kappa shape index (κ3) is 2.38. The molecule has 0 fully saturated rings. The third-order valence-corrected chi connectivity index (χ3v) is 3.07. The average molecular weight is 268 g/mol. The van der Waals surface area contributed by atoms with Gasteiger partial charge in [-0.25, -0.2) is 9.78 Å². The van der Waals surface area contributed by atoms with Crippen LogP contribution in [0, 0.1) is 0 Å². The lowest BCUT2D eigenvalue weighted by Crippen LogP contribution is -1.95. The van der Waals surface area contributed by atoms with Crippen molar-refractivity contribution in [1.82, 2.24) is 9.97 Å². The van der Waals surface area contributed by atoms with Crippen molar-refractivity contribution in [2.24, 2.45) is 0 Å². The van der Waals surface area contributed by atoms with Crippen LogP contribution in [0.25, 0.3) is 11.1 Å². The zero-order chi connectivity index (χ0) is 13.9. The van der Waals surface area contributed by atoms with E-state index in [4.69, 9.17) is 9.52 Å². The van der Waals surface area contributed by atoms with E-state index in [1.165, 1.54) is 6.07 Å². The zero-order valence-electron chi connectivity index (χ0n) is 10.6. The van der Waals surface area contributed by atoms with Crippen molar-refractivity contribution in [3.8, 4) is 0 Å². The molecule has 5 nitrogen and oxygen atoms in total. The average Bonchev–Trinajstić information content (AvgIpc) is 2.88. The molecule has 0 unspecified atom stereocenters. The maximum atomic E-state index is 11.1. The van der Waals surface area contributed by atoms with Crippen molar-refractivity contribution in [3.63, 3.8) is 0 Å². The van der Waals surface area contributed by atoms with Gasteiger partial charge in [-0.1, -0.05) is 6.07 Å². The first-order valence-electron chi connectivity index (χ1n) is 6.24. The van der Waals surface area contributed by atoms with Gasteiger partial charge in [0.05, 0.1) is 0 Å². The zero-order valence-corrected chi connectivity index (χ0v) is 10.6. The number of fused-ring (bicyclic) bond motifs is 1. The number of hydrogen-bond donors (Lipinski definition) is 1. The highest BCUT2D eigenvalue weighted by molar-refractivity contribution is 5.99. The van der Waals surface area contributed by atoms with Crippen LogP contribution in [0.4, 0.5) is 0 Å². The first kappa shape index (κ1) is 12.3. The molecule has 1 aromatic carbocycles. The highest BCUT2D eigenvalue weighted by Gasteiger charge is 2.14. The number of pyridine rings is 1. The fraction of sp³-hybridized carbons (Fsp3) is 0.133. The van der Waals surface area contributed by atoms with E-state index in [9.17, 15) is 4.79 Å². The van der Waals surface area contributed by atoms with Gasteiger partial charge >= 0.3 is 5.97 Å². The number of rotatable bonds is 4. The second-order valence-electron chi connectivity index (χ2n) is 4.42. The Morgan fingerprint density at radius 1 is 1.15 bits per heavy atom.